The molecule has 0 aliphatic carbocycles. The van der Waals surface area contributed by atoms with Crippen LogP contribution in [0.25, 0.3) is 22.2 Å². The molecule has 0 atom stereocenters. The molecule has 0 fully saturated rings. The number of anilines is 1. The zero-order valence-electron chi connectivity index (χ0n) is 23.2. The summed E-state index contributed by atoms with van der Waals surface area (Å²) in [6, 6.07) is 20.5. The van der Waals surface area contributed by atoms with Crippen LogP contribution in [0.15, 0.2) is 66.7 Å². The quantitative estimate of drug-likeness (QED) is 0.0942. The van der Waals surface area contributed by atoms with Crippen molar-refractivity contribution < 1.29 is 30.0 Å². The third-order valence-electron chi connectivity index (χ3n) is 6.65. The summed E-state index contributed by atoms with van der Waals surface area (Å²) < 4.78 is 7.15. The lowest BCUT2D eigenvalue weighted by Gasteiger charge is -2.12. The zero-order chi connectivity index (χ0) is 28.3. The number of carbonyl (C=O) groups is 2. The molecule has 1 heterocycles. The first kappa shape index (κ1) is 31.1. The molecule has 10 nitrogen and oxygen atoms in total. The van der Waals surface area contributed by atoms with Gasteiger partial charge >= 0.3 is 12.2 Å². The van der Waals surface area contributed by atoms with Crippen molar-refractivity contribution in [3.05, 3.63) is 78.1 Å². The van der Waals surface area contributed by atoms with Gasteiger partial charge in [-0.3, -0.25) is 0 Å². The third kappa shape index (κ3) is 8.54. The first-order valence-corrected chi connectivity index (χ1v) is 13.7. The number of para-hydroxylation sites is 1. The van der Waals surface area contributed by atoms with E-state index in [0.717, 1.165) is 66.5 Å². The number of carboxylic acid groups (broad SMARTS) is 1. The second-order valence-corrected chi connectivity index (χ2v) is 9.65. The number of hydrogen-bond acceptors (Lipinski definition) is 5. The van der Waals surface area contributed by atoms with Gasteiger partial charge in [-0.15, -0.1) is 0 Å². The number of benzene rings is 3. The van der Waals surface area contributed by atoms with Gasteiger partial charge in [-0.25, -0.2) is 14.6 Å². The predicted octanol–water partition coefficient (Wildman–Crippen LogP) is 5.61. The second kappa shape index (κ2) is 15.4. The van der Waals surface area contributed by atoms with E-state index < -0.39 is 6.16 Å². The number of amides is 2. The molecule has 6 N–H and O–H groups in total. The summed E-state index contributed by atoms with van der Waals surface area (Å²) in [4.78, 5) is 28.4. The molecule has 4 aromatic rings. The SMILES string of the molecule is CCCCc1nc2ccc(NC(=O)NCCCCCO)cc2n1Cc1ccc(-c2ccccc2OC(=O)O)cc1.O. The van der Waals surface area contributed by atoms with Crippen molar-refractivity contribution in [1.29, 1.82) is 0 Å². The molecule has 0 saturated heterocycles. The number of carbonyl (C=O) groups excluding carboxylic acids is 1. The molecule has 0 saturated carbocycles. The number of nitrogens with zero attached hydrogens (tertiary/aromatic N) is 2. The Morgan fingerprint density at radius 2 is 1.76 bits per heavy atom. The Labute approximate surface area is 239 Å². The molecule has 0 bridgehead atoms. The second-order valence-electron chi connectivity index (χ2n) is 9.65. The Bertz CT molecular complexity index is 1430. The van der Waals surface area contributed by atoms with Crippen LogP contribution >= 0.6 is 0 Å². The van der Waals surface area contributed by atoms with Gasteiger partial charge < -0.3 is 35.6 Å². The molecule has 0 aliphatic rings. The number of fused-ring (bicyclic) bond motifs is 1. The fourth-order valence-corrected chi connectivity index (χ4v) is 4.60. The number of aliphatic hydroxyl groups excluding tert-OH is 1. The van der Waals surface area contributed by atoms with Crippen molar-refractivity contribution in [2.75, 3.05) is 18.5 Å². The standard InChI is InChI=1S/C31H36N4O5.H2O/c1-2-3-11-29-34-26-17-16-24(33-30(37)32-18-7-4-8-19-36)20-27(26)35(29)21-22-12-14-23(15-13-22)25-9-5-6-10-28(25)40-31(38)39;/h5-6,9-10,12-17,20,36H,2-4,7-8,11,18-19,21H2,1H3,(H,38,39)(H2,32,33,37);1H2. The Balaban J connectivity index is 0.00000462. The average molecular weight is 563 g/mol. The van der Waals surface area contributed by atoms with Crippen molar-refractivity contribution in [1.82, 2.24) is 14.9 Å². The van der Waals surface area contributed by atoms with Gasteiger partial charge in [0.05, 0.1) is 11.0 Å². The van der Waals surface area contributed by atoms with E-state index in [1.54, 1.807) is 12.1 Å². The van der Waals surface area contributed by atoms with E-state index in [9.17, 15) is 9.59 Å². The van der Waals surface area contributed by atoms with Gasteiger partial charge in [0.1, 0.15) is 11.6 Å². The largest absolute Gasteiger partial charge is 0.511 e. The maximum atomic E-state index is 12.4. The summed E-state index contributed by atoms with van der Waals surface area (Å²) in [5, 5.41) is 23.7. The summed E-state index contributed by atoms with van der Waals surface area (Å²) in [6.07, 6.45) is 4.00. The minimum absolute atomic E-state index is 0. The number of rotatable bonds is 13. The maximum Gasteiger partial charge on any atom is 0.511 e. The fourth-order valence-electron chi connectivity index (χ4n) is 4.60. The molecule has 41 heavy (non-hydrogen) atoms. The molecule has 2 amide bonds. The number of unbranched alkanes of at least 4 members (excludes halogenated alkanes) is 3. The lowest BCUT2D eigenvalue weighted by atomic mass is 10.0. The van der Waals surface area contributed by atoms with Crippen LogP contribution in [-0.2, 0) is 13.0 Å². The van der Waals surface area contributed by atoms with E-state index in [1.807, 2.05) is 54.6 Å². The molecule has 0 unspecified atom stereocenters. The molecule has 0 aliphatic heterocycles. The van der Waals surface area contributed by atoms with Crippen molar-refractivity contribution in [3.8, 4) is 16.9 Å². The molecule has 3 aromatic carbocycles. The minimum Gasteiger partial charge on any atom is -0.449 e. The van der Waals surface area contributed by atoms with Crippen LogP contribution in [0.3, 0.4) is 0 Å². The highest BCUT2D eigenvalue weighted by Gasteiger charge is 2.14. The highest BCUT2D eigenvalue weighted by atomic mass is 16.7. The normalized spacial score (nSPS) is 10.7. The van der Waals surface area contributed by atoms with Gasteiger partial charge in [-0.05, 0) is 61.1 Å². The van der Waals surface area contributed by atoms with Crippen LogP contribution in [0.5, 0.6) is 5.75 Å². The van der Waals surface area contributed by atoms with Crippen LogP contribution in [0.2, 0.25) is 0 Å². The topological polar surface area (TPSA) is 157 Å². The van der Waals surface area contributed by atoms with E-state index in [2.05, 4.69) is 22.1 Å². The van der Waals surface area contributed by atoms with E-state index in [4.69, 9.17) is 19.9 Å². The molecular formula is C31H38N4O6. The predicted molar refractivity (Wildman–Crippen MR) is 160 cm³/mol. The molecule has 1 aromatic heterocycles. The Morgan fingerprint density at radius 3 is 2.49 bits per heavy atom. The minimum atomic E-state index is -1.35. The van der Waals surface area contributed by atoms with Gasteiger partial charge in [0.15, 0.2) is 0 Å². The van der Waals surface area contributed by atoms with E-state index in [0.29, 0.717) is 30.1 Å². The summed E-state index contributed by atoms with van der Waals surface area (Å²) in [5.41, 5.74) is 5.13. The lowest BCUT2D eigenvalue weighted by molar-refractivity contribution is 0.144. The van der Waals surface area contributed by atoms with Crippen LogP contribution in [-0.4, -0.2) is 50.6 Å². The van der Waals surface area contributed by atoms with E-state index in [1.165, 1.54) is 0 Å². The number of urea groups is 1. The number of ether oxygens (including phenoxy) is 1. The summed E-state index contributed by atoms with van der Waals surface area (Å²) in [6.45, 7) is 3.47. The van der Waals surface area contributed by atoms with Crippen molar-refractivity contribution in [2.45, 2.75) is 52.0 Å². The highest BCUT2D eigenvalue weighted by molar-refractivity contribution is 5.92. The Morgan fingerprint density at radius 1 is 0.976 bits per heavy atom. The van der Waals surface area contributed by atoms with Crippen LogP contribution in [0, 0.1) is 0 Å². The fraction of sp³-hybridized carbons (Fsp3) is 0.323. The lowest BCUT2D eigenvalue weighted by Crippen LogP contribution is -2.29. The smallest absolute Gasteiger partial charge is 0.449 e. The summed E-state index contributed by atoms with van der Waals surface area (Å²) in [5.74, 6) is 1.28. The number of hydrogen-bond donors (Lipinski definition) is 4. The first-order chi connectivity index (χ1) is 19.5. The number of aromatic nitrogens is 2. The Kier molecular flexibility index (Phi) is 11.7. The number of nitrogens with one attached hydrogen (secondary N) is 2. The molecule has 218 valence electrons. The summed E-state index contributed by atoms with van der Waals surface area (Å²) >= 11 is 0. The van der Waals surface area contributed by atoms with Crippen molar-refractivity contribution >= 4 is 28.9 Å². The maximum absolute atomic E-state index is 12.4. The molecular weight excluding hydrogens is 524 g/mol. The number of imidazole rings is 1. The van der Waals surface area contributed by atoms with Gasteiger partial charge in [0, 0.05) is 37.4 Å². The molecule has 0 radical (unpaired) electrons. The summed E-state index contributed by atoms with van der Waals surface area (Å²) in [7, 11) is 0. The van der Waals surface area contributed by atoms with E-state index >= 15 is 0 Å². The highest BCUT2D eigenvalue weighted by Crippen LogP contribution is 2.30. The van der Waals surface area contributed by atoms with Crippen LogP contribution < -0.4 is 15.4 Å². The van der Waals surface area contributed by atoms with Gasteiger partial charge in [-0.2, -0.15) is 0 Å². The monoisotopic (exact) mass is 562 g/mol. The van der Waals surface area contributed by atoms with Crippen LogP contribution in [0.1, 0.15) is 50.4 Å². The first-order valence-electron chi connectivity index (χ1n) is 13.7. The van der Waals surface area contributed by atoms with Gasteiger partial charge in [-0.1, -0.05) is 55.8 Å². The Hall–Kier alpha value is -4.41. The van der Waals surface area contributed by atoms with Crippen LogP contribution in [0.4, 0.5) is 15.3 Å². The zero-order valence-corrected chi connectivity index (χ0v) is 23.2. The van der Waals surface area contributed by atoms with Gasteiger partial charge in [0.2, 0.25) is 0 Å². The number of aliphatic hydroxyl groups is 1. The van der Waals surface area contributed by atoms with E-state index in [-0.39, 0.29) is 18.1 Å². The molecule has 10 heteroatoms. The van der Waals surface area contributed by atoms with Gasteiger partial charge in [0.25, 0.3) is 0 Å². The van der Waals surface area contributed by atoms with Crippen molar-refractivity contribution in [2.24, 2.45) is 0 Å². The van der Waals surface area contributed by atoms with Crippen molar-refractivity contribution in [3.63, 3.8) is 0 Å². The number of aryl methyl sites for hydroxylation is 1. The molecule has 0 spiro atoms. The third-order valence-corrected chi connectivity index (χ3v) is 6.65. The molecule has 4 rings (SSSR count). The average Bonchev–Trinajstić information content (AvgIpc) is 3.28.